The van der Waals surface area contributed by atoms with E-state index < -0.39 is 5.91 Å². The predicted molar refractivity (Wildman–Crippen MR) is 131 cm³/mol. The first-order valence-corrected chi connectivity index (χ1v) is 11.1. The number of piperidine rings is 1. The zero-order valence-corrected chi connectivity index (χ0v) is 19.9. The van der Waals surface area contributed by atoms with Gasteiger partial charge in [-0.3, -0.25) is 14.6 Å². The number of imidazole rings is 1. The summed E-state index contributed by atoms with van der Waals surface area (Å²) in [5.41, 5.74) is 14.8. The molecular formula is C23H25ClN8O3. The number of likely N-dealkylation sites (tertiary alicyclic amines) is 1. The number of nitrogen functional groups attached to an aromatic ring is 1. The number of aromatic nitrogens is 5. The smallest absolute Gasteiger partial charge is 0.257 e. The van der Waals surface area contributed by atoms with Gasteiger partial charge in [-0.15, -0.1) is 12.4 Å². The maximum Gasteiger partial charge on any atom is 0.257 e. The largest absolute Gasteiger partial charge is 0.379 e. The number of primary amides is 1. The first-order valence-electron chi connectivity index (χ1n) is 11.1. The highest BCUT2D eigenvalue weighted by Crippen LogP contribution is 2.34. The number of benzene rings is 1. The molecule has 2 amide bonds. The average molecular weight is 497 g/mol. The number of carbonyl (C=O) groups excluding carboxylic acids is 2. The molecule has 4 aromatic rings. The van der Waals surface area contributed by atoms with Gasteiger partial charge < -0.3 is 20.9 Å². The number of nitrogens with two attached hydrogens (primary N) is 2. The van der Waals surface area contributed by atoms with Crippen molar-refractivity contribution >= 4 is 41.1 Å². The van der Waals surface area contributed by atoms with E-state index in [4.69, 9.17) is 21.1 Å². The first-order chi connectivity index (χ1) is 16.5. The highest BCUT2D eigenvalue weighted by atomic mass is 35.5. The van der Waals surface area contributed by atoms with Gasteiger partial charge in [0.25, 0.3) is 5.91 Å². The van der Waals surface area contributed by atoms with Crippen LogP contribution in [0.5, 0.6) is 0 Å². The number of rotatable bonds is 5. The standard InChI is InChI=1S/C23H24N8O3.ClH/c1-2-31-19-15(23(33)30-10-6-9-14(12-30)21(25)32)11-26-16(13-7-4-3-5-8-13)17(19)27-22(31)18-20(24)29-34-28-18;/h3-5,7-8,11,14H,2,6,9-10,12H2,1H3,(H2,24,29)(H2,25,32);1H. The molecule has 0 bridgehead atoms. The minimum absolute atomic E-state index is 0. The minimum Gasteiger partial charge on any atom is -0.379 e. The molecule has 5 rings (SSSR count). The van der Waals surface area contributed by atoms with Gasteiger partial charge in [0.2, 0.25) is 5.91 Å². The third-order valence-electron chi connectivity index (χ3n) is 6.20. The van der Waals surface area contributed by atoms with Gasteiger partial charge in [-0.1, -0.05) is 30.3 Å². The molecule has 4 N–H and O–H groups in total. The molecule has 1 unspecified atom stereocenters. The van der Waals surface area contributed by atoms with E-state index >= 15 is 0 Å². The Bertz CT molecular complexity index is 1380. The lowest BCUT2D eigenvalue weighted by atomic mass is 9.97. The molecule has 11 nitrogen and oxygen atoms in total. The Labute approximate surface area is 206 Å². The SMILES string of the molecule is CCn1c(-c2nonc2N)nc2c(-c3ccccc3)ncc(C(=O)N3CCCC(C(N)=O)C3)c21.Cl. The number of hydrogen-bond acceptors (Lipinski definition) is 8. The van der Waals surface area contributed by atoms with Gasteiger partial charge in [-0.05, 0) is 30.1 Å². The van der Waals surface area contributed by atoms with Crippen molar-refractivity contribution in [2.45, 2.75) is 26.3 Å². The summed E-state index contributed by atoms with van der Waals surface area (Å²) < 4.78 is 6.67. The molecule has 1 aliphatic heterocycles. The normalized spacial score (nSPS) is 15.7. The maximum absolute atomic E-state index is 13.7. The lowest BCUT2D eigenvalue weighted by Gasteiger charge is -2.31. The summed E-state index contributed by atoms with van der Waals surface area (Å²) >= 11 is 0. The van der Waals surface area contributed by atoms with Crippen molar-refractivity contribution < 1.29 is 14.2 Å². The fourth-order valence-electron chi connectivity index (χ4n) is 4.51. The molecule has 0 radical (unpaired) electrons. The first kappa shape index (κ1) is 24.1. The van der Waals surface area contributed by atoms with Crippen LogP contribution < -0.4 is 11.5 Å². The summed E-state index contributed by atoms with van der Waals surface area (Å²) in [6.45, 7) is 3.25. The van der Waals surface area contributed by atoms with Gasteiger partial charge in [0.1, 0.15) is 5.52 Å². The van der Waals surface area contributed by atoms with Gasteiger partial charge in [-0.2, -0.15) is 0 Å². The van der Waals surface area contributed by atoms with E-state index in [-0.39, 0.29) is 36.6 Å². The summed E-state index contributed by atoms with van der Waals surface area (Å²) in [5.74, 6) is -0.445. The van der Waals surface area contributed by atoms with E-state index in [2.05, 4.69) is 15.3 Å². The summed E-state index contributed by atoms with van der Waals surface area (Å²) in [6, 6.07) is 9.61. The lowest BCUT2D eigenvalue weighted by Crippen LogP contribution is -2.44. The summed E-state index contributed by atoms with van der Waals surface area (Å²) in [5, 5.41) is 7.60. The predicted octanol–water partition coefficient (Wildman–Crippen LogP) is 2.51. The molecular weight excluding hydrogens is 472 g/mol. The van der Waals surface area contributed by atoms with Gasteiger partial charge in [0.15, 0.2) is 17.3 Å². The molecule has 4 heterocycles. The van der Waals surface area contributed by atoms with Gasteiger partial charge in [0.05, 0.1) is 22.7 Å². The number of pyridine rings is 1. The molecule has 182 valence electrons. The minimum atomic E-state index is -0.393. The Kier molecular flexibility index (Phi) is 6.70. The third kappa shape index (κ3) is 4.18. The Morgan fingerprint density at radius 1 is 1.17 bits per heavy atom. The Balaban J connectivity index is 0.00000289. The number of halogens is 1. The maximum atomic E-state index is 13.7. The van der Waals surface area contributed by atoms with E-state index in [0.717, 1.165) is 5.56 Å². The summed E-state index contributed by atoms with van der Waals surface area (Å²) in [6.07, 6.45) is 2.95. The molecule has 1 fully saturated rings. The summed E-state index contributed by atoms with van der Waals surface area (Å²) in [4.78, 5) is 36.6. The van der Waals surface area contributed by atoms with Gasteiger partial charge in [0, 0.05) is 31.4 Å². The van der Waals surface area contributed by atoms with E-state index in [1.807, 2.05) is 41.8 Å². The second-order valence-electron chi connectivity index (χ2n) is 8.25. The van der Waals surface area contributed by atoms with Crippen LogP contribution in [0.15, 0.2) is 41.2 Å². The van der Waals surface area contributed by atoms with E-state index in [1.165, 1.54) is 0 Å². The molecule has 35 heavy (non-hydrogen) atoms. The number of hydrogen-bond donors (Lipinski definition) is 2. The highest BCUT2D eigenvalue weighted by molar-refractivity contribution is 6.08. The number of aryl methyl sites for hydroxylation is 1. The molecule has 3 aromatic heterocycles. The van der Waals surface area contributed by atoms with Crippen LogP contribution in [0.4, 0.5) is 5.82 Å². The van der Waals surface area contributed by atoms with Crippen molar-refractivity contribution in [3.8, 4) is 22.8 Å². The van der Waals surface area contributed by atoms with Crippen molar-refractivity contribution in [1.29, 1.82) is 0 Å². The van der Waals surface area contributed by atoms with Crippen molar-refractivity contribution in [2.75, 3.05) is 18.8 Å². The molecule has 0 spiro atoms. The van der Waals surface area contributed by atoms with E-state index in [0.29, 0.717) is 59.7 Å². The van der Waals surface area contributed by atoms with Crippen LogP contribution in [0.2, 0.25) is 0 Å². The van der Waals surface area contributed by atoms with Crippen molar-refractivity contribution in [1.82, 2.24) is 29.7 Å². The van der Waals surface area contributed by atoms with Crippen molar-refractivity contribution in [3.63, 3.8) is 0 Å². The van der Waals surface area contributed by atoms with Crippen LogP contribution >= 0.6 is 12.4 Å². The molecule has 1 aliphatic rings. The van der Waals surface area contributed by atoms with E-state index in [9.17, 15) is 9.59 Å². The fourth-order valence-corrected chi connectivity index (χ4v) is 4.51. The molecule has 1 atom stereocenters. The zero-order chi connectivity index (χ0) is 23.8. The fraction of sp³-hybridized carbons (Fsp3) is 0.304. The second kappa shape index (κ2) is 9.71. The second-order valence-corrected chi connectivity index (χ2v) is 8.25. The topological polar surface area (TPSA) is 159 Å². The molecule has 1 aromatic carbocycles. The highest BCUT2D eigenvalue weighted by Gasteiger charge is 2.31. The van der Waals surface area contributed by atoms with Crippen molar-refractivity contribution in [3.05, 3.63) is 42.1 Å². The third-order valence-corrected chi connectivity index (χ3v) is 6.20. The Hall–Kier alpha value is -3.99. The molecule has 0 aliphatic carbocycles. The van der Waals surface area contributed by atoms with Gasteiger partial charge >= 0.3 is 0 Å². The van der Waals surface area contributed by atoms with Crippen LogP contribution in [0.3, 0.4) is 0 Å². The number of fused-ring (bicyclic) bond motifs is 1. The quantitative estimate of drug-likeness (QED) is 0.426. The van der Waals surface area contributed by atoms with Crippen LogP contribution in [0.25, 0.3) is 33.8 Å². The molecule has 0 saturated carbocycles. The van der Waals surface area contributed by atoms with Crippen LogP contribution in [-0.4, -0.2) is 54.7 Å². The number of carbonyl (C=O) groups is 2. The zero-order valence-electron chi connectivity index (χ0n) is 19.0. The number of amides is 2. The van der Waals surface area contributed by atoms with Crippen molar-refractivity contribution in [2.24, 2.45) is 11.7 Å². The van der Waals surface area contributed by atoms with Crippen LogP contribution in [0, 0.1) is 5.92 Å². The van der Waals surface area contributed by atoms with Crippen LogP contribution in [0.1, 0.15) is 30.1 Å². The Morgan fingerprint density at radius 2 is 1.94 bits per heavy atom. The number of nitrogens with zero attached hydrogens (tertiary/aromatic N) is 6. The van der Waals surface area contributed by atoms with Crippen LogP contribution in [-0.2, 0) is 11.3 Å². The summed E-state index contributed by atoms with van der Waals surface area (Å²) in [7, 11) is 0. The molecule has 12 heteroatoms. The van der Waals surface area contributed by atoms with E-state index in [1.54, 1.807) is 11.1 Å². The molecule has 1 saturated heterocycles. The monoisotopic (exact) mass is 496 g/mol. The number of anilines is 1. The lowest BCUT2D eigenvalue weighted by molar-refractivity contribution is -0.123. The average Bonchev–Trinajstić information content (AvgIpc) is 3.46. The van der Waals surface area contributed by atoms with Gasteiger partial charge in [-0.25, -0.2) is 9.61 Å². The Morgan fingerprint density at radius 3 is 2.60 bits per heavy atom.